The quantitative estimate of drug-likeness (QED) is 0.404. The highest BCUT2D eigenvalue weighted by Crippen LogP contribution is 2.19. The molecule has 0 saturated carbocycles. The third-order valence-corrected chi connectivity index (χ3v) is 5.74. The van der Waals surface area contributed by atoms with Crippen molar-refractivity contribution in [3.63, 3.8) is 0 Å². The van der Waals surface area contributed by atoms with Crippen LogP contribution < -0.4 is 10.6 Å². The summed E-state index contributed by atoms with van der Waals surface area (Å²) in [6, 6.07) is 13.3. The number of nitrogens with zero attached hydrogens (tertiary/aromatic N) is 3. The molecule has 0 bridgehead atoms. The zero-order valence-corrected chi connectivity index (χ0v) is 17.3. The van der Waals surface area contributed by atoms with Crippen LogP contribution in [0.5, 0.6) is 0 Å². The summed E-state index contributed by atoms with van der Waals surface area (Å²) in [6.45, 7) is 4.72. The van der Waals surface area contributed by atoms with E-state index in [-0.39, 0.29) is 5.75 Å². The Balaban J connectivity index is 1.53. The van der Waals surface area contributed by atoms with Crippen LogP contribution in [0, 0.1) is 0 Å². The average Bonchev–Trinajstić information content (AvgIpc) is 3.37. The molecule has 7 nitrogen and oxygen atoms in total. The van der Waals surface area contributed by atoms with Crippen molar-refractivity contribution in [2.75, 3.05) is 5.75 Å². The lowest BCUT2D eigenvalue weighted by molar-refractivity contribution is -0.117. The number of benzene rings is 1. The summed E-state index contributed by atoms with van der Waals surface area (Å²) in [5.41, 5.74) is 1.13. The van der Waals surface area contributed by atoms with Gasteiger partial charge in [-0.1, -0.05) is 54.2 Å². The fraction of sp³-hybridized carbons (Fsp3) is 0.200. The van der Waals surface area contributed by atoms with Crippen LogP contribution in [0.1, 0.15) is 16.3 Å². The first-order chi connectivity index (χ1) is 14.2. The van der Waals surface area contributed by atoms with Gasteiger partial charge >= 0.3 is 6.03 Å². The van der Waals surface area contributed by atoms with E-state index in [0.717, 1.165) is 16.3 Å². The highest BCUT2D eigenvalue weighted by Gasteiger charge is 2.15. The number of allylic oxidation sites excluding steroid dienone is 1. The Morgan fingerprint density at radius 1 is 1.17 bits per heavy atom. The highest BCUT2D eigenvalue weighted by atomic mass is 32.2. The molecule has 0 saturated heterocycles. The van der Waals surface area contributed by atoms with Crippen molar-refractivity contribution in [3.05, 3.63) is 76.8 Å². The molecule has 0 unspecified atom stereocenters. The number of carbonyl (C=O) groups is 2. The number of rotatable bonds is 9. The highest BCUT2D eigenvalue weighted by molar-refractivity contribution is 7.99. The number of urea groups is 1. The smallest absolute Gasteiger partial charge is 0.321 e. The minimum absolute atomic E-state index is 0.0625. The van der Waals surface area contributed by atoms with Gasteiger partial charge < -0.3 is 9.88 Å². The van der Waals surface area contributed by atoms with E-state index in [4.69, 9.17) is 0 Å². The molecule has 0 spiro atoms. The van der Waals surface area contributed by atoms with Gasteiger partial charge in [-0.2, -0.15) is 0 Å². The molecule has 0 atom stereocenters. The van der Waals surface area contributed by atoms with Gasteiger partial charge in [-0.25, -0.2) is 4.79 Å². The lowest BCUT2D eigenvalue weighted by Crippen LogP contribution is -2.39. The van der Waals surface area contributed by atoms with Crippen LogP contribution in [0.2, 0.25) is 0 Å². The van der Waals surface area contributed by atoms with Gasteiger partial charge in [0.2, 0.25) is 5.91 Å². The summed E-state index contributed by atoms with van der Waals surface area (Å²) in [4.78, 5) is 24.9. The van der Waals surface area contributed by atoms with Crippen molar-refractivity contribution in [2.24, 2.45) is 0 Å². The van der Waals surface area contributed by atoms with Crippen molar-refractivity contribution < 1.29 is 9.59 Å². The molecule has 0 aliphatic carbocycles. The third kappa shape index (κ3) is 6.30. The Morgan fingerprint density at radius 2 is 2.00 bits per heavy atom. The molecule has 1 aromatic carbocycles. The number of imide groups is 1. The Hall–Kier alpha value is -2.91. The van der Waals surface area contributed by atoms with Crippen molar-refractivity contribution in [3.8, 4) is 0 Å². The van der Waals surface area contributed by atoms with Crippen molar-refractivity contribution >= 4 is 35.0 Å². The maximum absolute atomic E-state index is 12.1. The second kappa shape index (κ2) is 10.6. The van der Waals surface area contributed by atoms with E-state index in [1.165, 1.54) is 11.8 Å². The Bertz CT molecular complexity index is 955. The lowest BCUT2D eigenvalue weighted by Gasteiger charge is -2.08. The topological polar surface area (TPSA) is 88.9 Å². The number of thioether (sulfide) groups is 1. The largest absolute Gasteiger partial charge is 0.333 e. The summed E-state index contributed by atoms with van der Waals surface area (Å²) in [5.74, 6) is 0.469. The maximum atomic E-state index is 12.1. The zero-order valence-electron chi connectivity index (χ0n) is 15.7. The zero-order chi connectivity index (χ0) is 20.5. The Morgan fingerprint density at radius 3 is 2.72 bits per heavy atom. The summed E-state index contributed by atoms with van der Waals surface area (Å²) in [6.07, 6.45) is 2.40. The molecule has 0 radical (unpaired) electrons. The van der Waals surface area contributed by atoms with Crippen LogP contribution in [0.4, 0.5) is 4.79 Å². The standard InChI is InChI=1S/C20H21N5O2S2/c1-2-10-25-17(12-15-7-4-3-5-8-15)23-24-20(25)29-14-18(26)22-19(27)21-13-16-9-6-11-28-16/h2-9,11H,1,10,12-14H2,(H2,21,22,26,27). The first-order valence-electron chi connectivity index (χ1n) is 8.95. The van der Waals surface area contributed by atoms with Crippen LogP contribution in [0.25, 0.3) is 0 Å². The Kier molecular flexibility index (Phi) is 7.60. The molecule has 3 amide bonds. The number of amides is 3. The van der Waals surface area contributed by atoms with E-state index in [0.29, 0.717) is 24.7 Å². The average molecular weight is 428 g/mol. The minimum Gasteiger partial charge on any atom is -0.333 e. The SMILES string of the molecule is C=CCn1c(Cc2ccccc2)nnc1SCC(=O)NC(=O)NCc1cccs1. The first-order valence-corrected chi connectivity index (χ1v) is 10.8. The van der Waals surface area contributed by atoms with E-state index in [9.17, 15) is 9.59 Å². The van der Waals surface area contributed by atoms with E-state index in [1.807, 2.05) is 52.4 Å². The number of hydrogen-bond acceptors (Lipinski definition) is 6. The van der Waals surface area contributed by atoms with Crippen LogP contribution in [-0.2, 0) is 24.3 Å². The van der Waals surface area contributed by atoms with Crippen molar-refractivity contribution in [1.29, 1.82) is 0 Å². The molecule has 3 aromatic rings. The van der Waals surface area contributed by atoms with Gasteiger partial charge in [0.25, 0.3) is 0 Å². The van der Waals surface area contributed by atoms with Crippen LogP contribution in [0.15, 0.2) is 65.7 Å². The minimum atomic E-state index is -0.513. The number of hydrogen-bond donors (Lipinski definition) is 2. The lowest BCUT2D eigenvalue weighted by atomic mass is 10.1. The maximum Gasteiger partial charge on any atom is 0.321 e. The first kappa shape index (κ1) is 20.8. The predicted octanol–water partition coefficient (Wildman–Crippen LogP) is 3.23. The summed E-state index contributed by atoms with van der Waals surface area (Å²) >= 11 is 2.78. The van der Waals surface area contributed by atoms with Gasteiger partial charge in [0.1, 0.15) is 5.82 Å². The van der Waals surface area contributed by atoms with E-state index < -0.39 is 11.9 Å². The second-order valence-corrected chi connectivity index (χ2v) is 8.03. The monoisotopic (exact) mass is 427 g/mol. The molecule has 2 heterocycles. The van der Waals surface area contributed by atoms with Gasteiger partial charge in [0.15, 0.2) is 5.16 Å². The van der Waals surface area contributed by atoms with E-state index >= 15 is 0 Å². The van der Waals surface area contributed by atoms with Gasteiger partial charge in [0.05, 0.1) is 12.3 Å². The van der Waals surface area contributed by atoms with Gasteiger partial charge in [-0.3, -0.25) is 10.1 Å². The molecule has 29 heavy (non-hydrogen) atoms. The van der Waals surface area contributed by atoms with Crippen molar-refractivity contribution in [1.82, 2.24) is 25.4 Å². The van der Waals surface area contributed by atoms with Crippen molar-refractivity contribution in [2.45, 2.75) is 24.7 Å². The third-order valence-electron chi connectivity index (χ3n) is 3.90. The normalized spacial score (nSPS) is 10.5. The molecule has 0 aliphatic heterocycles. The van der Waals surface area contributed by atoms with Gasteiger partial charge in [-0.05, 0) is 17.0 Å². The molecule has 0 aliphatic rings. The number of carbonyl (C=O) groups excluding carboxylic acids is 2. The number of thiophene rings is 1. The van der Waals surface area contributed by atoms with E-state index in [2.05, 4.69) is 27.4 Å². The van der Waals surface area contributed by atoms with E-state index in [1.54, 1.807) is 17.4 Å². The predicted molar refractivity (Wildman–Crippen MR) is 115 cm³/mol. The van der Waals surface area contributed by atoms with Crippen LogP contribution in [-0.4, -0.2) is 32.5 Å². The summed E-state index contributed by atoms with van der Waals surface area (Å²) < 4.78 is 1.93. The van der Waals surface area contributed by atoms with Gasteiger partial charge in [0, 0.05) is 17.8 Å². The van der Waals surface area contributed by atoms with Crippen LogP contribution >= 0.6 is 23.1 Å². The molecule has 9 heteroatoms. The number of nitrogens with one attached hydrogen (secondary N) is 2. The molecule has 2 aromatic heterocycles. The van der Waals surface area contributed by atoms with Gasteiger partial charge in [-0.15, -0.1) is 28.1 Å². The molecular formula is C20H21N5O2S2. The molecule has 3 rings (SSSR count). The molecular weight excluding hydrogens is 406 g/mol. The van der Waals surface area contributed by atoms with Crippen LogP contribution in [0.3, 0.4) is 0 Å². The fourth-order valence-electron chi connectivity index (χ4n) is 2.56. The molecule has 150 valence electrons. The fourth-order valence-corrected chi connectivity index (χ4v) is 3.98. The Labute approximate surface area is 177 Å². The molecule has 2 N–H and O–H groups in total. The second-order valence-electron chi connectivity index (χ2n) is 6.06. The molecule has 0 fully saturated rings. The number of aromatic nitrogens is 3. The summed E-state index contributed by atoms with van der Waals surface area (Å²) in [5, 5.41) is 16.0. The summed E-state index contributed by atoms with van der Waals surface area (Å²) in [7, 11) is 0.